The number of fused-ring (bicyclic) bond motifs is 1. The number of hydrogen-bond donors (Lipinski definition) is 1. The van der Waals surface area contributed by atoms with Crippen LogP contribution in [0, 0.1) is 0 Å². The Labute approximate surface area is 192 Å². The third-order valence-electron chi connectivity index (χ3n) is 5.30. The molecule has 9 heteroatoms. The number of thioether (sulfide) groups is 1. The number of halogens is 1. The Bertz CT molecular complexity index is 1100. The lowest BCUT2D eigenvalue weighted by Crippen LogP contribution is -2.28. The number of benzene rings is 2. The zero-order chi connectivity index (χ0) is 22.0. The average Bonchev–Trinajstić information content (AvgIpc) is 3.25. The summed E-state index contributed by atoms with van der Waals surface area (Å²) in [6, 6.07) is 14.8. The number of amidine groups is 1. The summed E-state index contributed by atoms with van der Waals surface area (Å²) in [5.74, 6) is 0.162. The van der Waals surface area contributed by atoms with Crippen molar-refractivity contribution in [3.05, 3.63) is 64.7 Å². The molecule has 0 bridgehead atoms. The molecule has 0 unspecified atom stereocenters. The van der Waals surface area contributed by atoms with Crippen LogP contribution < -0.4 is 10.2 Å². The molecule has 2 aromatic rings. The first kappa shape index (κ1) is 22.2. The number of aliphatic imine (C=N–C) groups is 1. The molecule has 0 aromatic heterocycles. The summed E-state index contributed by atoms with van der Waals surface area (Å²) in [6.07, 6.45) is 0.880. The van der Waals surface area contributed by atoms with E-state index in [-0.39, 0.29) is 28.7 Å². The molecule has 0 spiro atoms. The van der Waals surface area contributed by atoms with E-state index in [1.807, 2.05) is 48.2 Å². The third-order valence-corrected chi connectivity index (χ3v) is 8.92. The van der Waals surface area contributed by atoms with Crippen LogP contribution in [0.2, 0.25) is 5.02 Å². The van der Waals surface area contributed by atoms with Crippen LogP contribution >= 0.6 is 23.4 Å². The van der Waals surface area contributed by atoms with Gasteiger partial charge in [-0.2, -0.15) is 0 Å². The lowest BCUT2D eigenvalue weighted by atomic mass is 10.1. The normalized spacial score (nSPS) is 21.4. The highest BCUT2D eigenvalue weighted by Gasteiger charge is 2.44. The van der Waals surface area contributed by atoms with Gasteiger partial charge in [-0.05, 0) is 42.3 Å². The number of carbonyl (C=O) groups excluding carboxylic acids is 1. The largest absolute Gasteiger partial charge is 0.352 e. The van der Waals surface area contributed by atoms with Crippen LogP contribution in [0.15, 0.2) is 53.5 Å². The predicted molar refractivity (Wildman–Crippen MR) is 128 cm³/mol. The topological polar surface area (TPSA) is 78.8 Å². The van der Waals surface area contributed by atoms with E-state index in [0.29, 0.717) is 23.7 Å². The van der Waals surface area contributed by atoms with Gasteiger partial charge in [-0.3, -0.25) is 9.79 Å². The van der Waals surface area contributed by atoms with E-state index in [1.54, 1.807) is 12.1 Å². The highest BCUT2D eigenvalue weighted by molar-refractivity contribution is 8.15. The van der Waals surface area contributed by atoms with Crippen LogP contribution in [0.5, 0.6) is 0 Å². The van der Waals surface area contributed by atoms with E-state index in [0.717, 1.165) is 22.8 Å². The minimum atomic E-state index is -3.02. The summed E-state index contributed by atoms with van der Waals surface area (Å²) in [7, 11) is -3.02. The fraction of sp³-hybridized carbons (Fsp3) is 0.364. The summed E-state index contributed by atoms with van der Waals surface area (Å²) in [5, 5.41) is 4.28. The van der Waals surface area contributed by atoms with Gasteiger partial charge < -0.3 is 10.2 Å². The van der Waals surface area contributed by atoms with E-state index >= 15 is 0 Å². The second-order valence-electron chi connectivity index (χ2n) is 7.69. The number of anilines is 1. The van der Waals surface area contributed by atoms with Gasteiger partial charge in [0.25, 0.3) is 5.91 Å². The van der Waals surface area contributed by atoms with Gasteiger partial charge in [-0.1, -0.05) is 48.5 Å². The van der Waals surface area contributed by atoms with Crippen molar-refractivity contribution in [2.24, 2.45) is 4.99 Å². The Morgan fingerprint density at radius 2 is 1.94 bits per heavy atom. The Balaban J connectivity index is 1.62. The predicted octanol–water partition coefficient (Wildman–Crippen LogP) is 3.75. The number of sulfone groups is 1. The van der Waals surface area contributed by atoms with Crippen LogP contribution in [0.3, 0.4) is 0 Å². The van der Waals surface area contributed by atoms with Gasteiger partial charge in [0.15, 0.2) is 15.0 Å². The van der Waals surface area contributed by atoms with E-state index in [9.17, 15) is 13.2 Å². The molecule has 2 aliphatic heterocycles. The van der Waals surface area contributed by atoms with Crippen LogP contribution in [0.1, 0.15) is 29.3 Å². The van der Waals surface area contributed by atoms with Gasteiger partial charge >= 0.3 is 0 Å². The van der Waals surface area contributed by atoms with Crippen molar-refractivity contribution in [3.8, 4) is 0 Å². The Morgan fingerprint density at radius 1 is 1.19 bits per heavy atom. The standard InChI is InChI=1S/C22H24ClN3O3S2/c1-2-11-24-21(27)15-7-9-17(10-8-15)26(12-16-5-3-4-6-18(16)23)22-25-19-13-31(28,29)14-20(19)30-22/h3-10,19-20H,2,11-14H2,1H3,(H,24,27)/t19-,20+/m0/s1. The molecule has 164 valence electrons. The van der Waals surface area contributed by atoms with Gasteiger partial charge in [0, 0.05) is 28.1 Å². The molecule has 1 amide bonds. The first-order chi connectivity index (χ1) is 14.9. The summed E-state index contributed by atoms with van der Waals surface area (Å²) in [4.78, 5) is 19.0. The average molecular weight is 478 g/mol. The maximum atomic E-state index is 12.2. The van der Waals surface area contributed by atoms with E-state index < -0.39 is 9.84 Å². The molecule has 2 atom stereocenters. The zero-order valence-electron chi connectivity index (χ0n) is 17.1. The molecule has 2 aliphatic rings. The first-order valence-electron chi connectivity index (χ1n) is 10.2. The fourth-order valence-electron chi connectivity index (χ4n) is 3.67. The van der Waals surface area contributed by atoms with Crippen molar-refractivity contribution in [2.75, 3.05) is 23.0 Å². The maximum absolute atomic E-state index is 12.2. The highest BCUT2D eigenvalue weighted by Crippen LogP contribution is 2.37. The lowest BCUT2D eigenvalue weighted by Gasteiger charge is -2.25. The van der Waals surface area contributed by atoms with Crippen molar-refractivity contribution >= 4 is 50.0 Å². The van der Waals surface area contributed by atoms with Crippen LogP contribution in [-0.4, -0.2) is 48.8 Å². The number of nitrogens with zero attached hydrogens (tertiary/aromatic N) is 2. The second kappa shape index (κ2) is 9.22. The smallest absolute Gasteiger partial charge is 0.251 e. The van der Waals surface area contributed by atoms with Crippen LogP contribution in [0.4, 0.5) is 5.69 Å². The molecule has 1 saturated heterocycles. The quantitative estimate of drug-likeness (QED) is 0.685. The molecule has 1 fully saturated rings. The lowest BCUT2D eigenvalue weighted by molar-refractivity contribution is 0.0953. The summed E-state index contributed by atoms with van der Waals surface area (Å²) >= 11 is 7.91. The molecule has 1 N–H and O–H groups in total. The number of hydrogen-bond acceptors (Lipinski definition) is 6. The molecule has 4 rings (SSSR count). The molecular weight excluding hydrogens is 454 g/mol. The van der Waals surface area contributed by atoms with Gasteiger partial charge in [0.05, 0.1) is 24.1 Å². The van der Waals surface area contributed by atoms with Gasteiger partial charge in [0.1, 0.15) is 0 Å². The summed E-state index contributed by atoms with van der Waals surface area (Å²) < 4.78 is 23.9. The minimum Gasteiger partial charge on any atom is -0.352 e. The molecule has 2 heterocycles. The monoisotopic (exact) mass is 477 g/mol. The maximum Gasteiger partial charge on any atom is 0.251 e. The molecule has 2 aromatic carbocycles. The Hall–Kier alpha value is -2.03. The SMILES string of the molecule is CCCNC(=O)c1ccc(N(Cc2ccccc2Cl)C2=N[C@H]3CS(=O)(=O)C[C@H]3S2)cc1. The van der Waals surface area contributed by atoms with E-state index in [2.05, 4.69) is 5.32 Å². The molecule has 0 aliphatic carbocycles. The van der Waals surface area contributed by atoms with Gasteiger partial charge in [0.2, 0.25) is 0 Å². The zero-order valence-corrected chi connectivity index (χ0v) is 19.5. The van der Waals surface area contributed by atoms with Crippen molar-refractivity contribution < 1.29 is 13.2 Å². The van der Waals surface area contributed by atoms with E-state index in [4.69, 9.17) is 16.6 Å². The minimum absolute atomic E-state index is 0.0483. The Kier molecular flexibility index (Phi) is 6.60. The first-order valence-corrected chi connectivity index (χ1v) is 13.3. The number of nitrogens with one attached hydrogen (secondary N) is 1. The van der Waals surface area contributed by atoms with Crippen LogP contribution in [-0.2, 0) is 16.4 Å². The highest BCUT2D eigenvalue weighted by atomic mass is 35.5. The number of rotatable bonds is 6. The number of amides is 1. The molecule has 31 heavy (non-hydrogen) atoms. The fourth-order valence-corrected chi connectivity index (χ4v) is 7.65. The van der Waals surface area contributed by atoms with Gasteiger partial charge in [-0.15, -0.1) is 0 Å². The van der Waals surface area contributed by atoms with Crippen molar-refractivity contribution in [1.29, 1.82) is 0 Å². The number of carbonyl (C=O) groups is 1. The van der Waals surface area contributed by atoms with Crippen molar-refractivity contribution in [1.82, 2.24) is 5.32 Å². The summed E-state index contributed by atoms with van der Waals surface area (Å²) in [5.41, 5.74) is 2.42. The van der Waals surface area contributed by atoms with Crippen molar-refractivity contribution in [2.45, 2.75) is 31.2 Å². The van der Waals surface area contributed by atoms with Crippen LogP contribution in [0.25, 0.3) is 0 Å². The molecule has 0 saturated carbocycles. The van der Waals surface area contributed by atoms with Crippen molar-refractivity contribution in [3.63, 3.8) is 0 Å². The summed E-state index contributed by atoms with van der Waals surface area (Å²) in [6.45, 7) is 3.15. The molecule has 0 radical (unpaired) electrons. The second-order valence-corrected chi connectivity index (χ2v) is 11.5. The Morgan fingerprint density at radius 3 is 2.61 bits per heavy atom. The van der Waals surface area contributed by atoms with E-state index in [1.165, 1.54) is 11.8 Å². The molecular formula is C22H24ClN3O3S2. The van der Waals surface area contributed by atoms with Gasteiger partial charge in [-0.25, -0.2) is 8.42 Å². The molecule has 6 nitrogen and oxygen atoms in total. The third kappa shape index (κ3) is 5.07.